The van der Waals surface area contributed by atoms with Crippen molar-refractivity contribution >= 4 is 6.09 Å². The molecule has 0 spiro atoms. The molecule has 0 aromatic rings. The lowest BCUT2D eigenvalue weighted by Crippen LogP contribution is -2.36. The molecule has 0 radical (unpaired) electrons. The molecular weight excluding hydrogens is 166 g/mol. The van der Waals surface area contributed by atoms with Gasteiger partial charge in [0.1, 0.15) is 0 Å². The Kier molecular flexibility index (Phi) is 2.08. The quantitative estimate of drug-likeness (QED) is 0.618. The molecule has 0 saturated carbocycles. The summed E-state index contributed by atoms with van der Waals surface area (Å²) in [7, 11) is 0. The van der Waals surface area contributed by atoms with Gasteiger partial charge in [-0.25, -0.2) is 4.79 Å². The highest BCUT2D eigenvalue weighted by atomic mass is 16.4. The molecule has 0 unspecified atom stereocenters. The molecule has 0 fully saturated rings. The second kappa shape index (κ2) is 3.24. The predicted molar refractivity (Wildman–Crippen MR) is 49.6 cm³/mol. The number of hydrogen-bond acceptors (Lipinski definition) is 1. The number of carboxylic acid groups (broad SMARTS) is 1. The number of rotatable bonds is 0. The van der Waals surface area contributed by atoms with Crippen LogP contribution in [0.5, 0.6) is 0 Å². The van der Waals surface area contributed by atoms with Crippen LogP contribution in [0.15, 0.2) is 23.3 Å². The van der Waals surface area contributed by atoms with Gasteiger partial charge in [-0.15, -0.1) is 0 Å². The summed E-state index contributed by atoms with van der Waals surface area (Å²) in [6, 6.07) is 0. The van der Waals surface area contributed by atoms with E-state index >= 15 is 0 Å². The van der Waals surface area contributed by atoms with Crippen LogP contribution in [0.3, 0.4) is 0 Å². The lowest BCUT2D eigenvalue weighted by atomic mass is 9.92. The van der Waals surface area contributed by atoms with E-state index in [1.165, 1.54) is 16.0 Å². The van der Waals surface area contributed by atoms with Crippen LogP contribution in [-0.4, -0.2) is 29.2 Å². The summed E-state index contributed by atoms with van der Waals surface area (Å²) in [5.74, 6) is 0. The van der Waals surface area contributed by atoms with E-state index in [0.717, 1.165) is 19.3 Å². The zero-order chi connectivity index (χ0) is 9.26. The third-order valence-corrected chi connectivity index (χ3v) is 2.70. The molecule has 13 heavy (non-hydrogen) atoms. The van der Waals surface area contributed by atoms with E-state index in [-0.39, 0.29) is 0 Å². The van der Waals surface area contributed by atoms with E-state index in [4.69, 9.17) is 5.11 Å². The fraction of sp³-hybridized carbons (Fsp3) is 0.500. The maximum Gasteiger partial charge on any atom is 0.407 e. The minimum atomic E-state index is -0.800. The number of allylic oxidation sites excluding steroid dienone is 1. The summed E-state index contributed by atoms with van der Waals surface area (Å²) < 4.78 is 0. The smallest absolute Gasteiger partial charge is 0.407 e. The predicted octanol–water partition coefficient (Wildman–Crippen LogP) is 2.02. The van der Waals surface area contributed by atoms with Crippen LogP contribution in [0.1, 0.15) is 19.3 Å². The second-order valence-corrected chi connectivity index (χ2v) is 3.52. The van der Waals surface area contributed by atoms with Crippen molar-refractivity contribution in [3.63, 3.8) is 0 Å². The number of carbonyl (C=O) groups is 1. The summed E-state index contributed by atoms with van der Waals surface area (Å²) >= 11 is 0. The molecule has 0 saturated heterocycles. The van der Waals surface area contributed by atoms with Gasteiger partial charge in [-0.3, -0.25) is 0 Å². The molecule has 1 aliphatic heterocycles. The van der Waals surface area contributed by atoms with Crippen molar-refractivity contribution in [3.05, 3.63) is 23.3 Å². The molecule has 2 rings (SSSR count). The van der Waals surface area contributed by atoms with Gasteiger partial charge in [0.05, 0.1) is 0 Å². The van der Waals surface area contributed by atoms with Crippen LogP contribution in [0.2, 0.25) is 0 Å². The zero-order valence-corrected chi connectivity index (χ0v) is 7.49. The Morgan fingerprint density at radius 2 is 2.31 bits per heavy atom. The summed E-state index contributed by atoms with van der Waals surface area (Å²) in [6.07, 6.45) is 6.57. The molecule has 1 amide bonds. The fourth-order valence-electron chi connectivity index (χ4n) is 1.93. The molecule has 1 N–H and O–H groups in total. The van der Waals surface area contributed by atoms with Crippen molar-refractivity contribution in [2.45, 2.75) is 19.3 Å². The summed E-state index contributed by atoms with van der Waals surface area (Å²) in [4.78, 5) is 12.2. The highest BCUT2D eigenvalue weighted by molar-refractivity contribution is 5.66. The minimum Gasteiger partial charge on any atom is -0.465 e. The molecule has 70 valence electrons. The first-order valence-electron chi connectivity index (χ1n) is 4.62. The van der Waals surface area contributed by atoms with Gasteiger partial charge in [0, 0.05) is 13.1 Å². The van der Waals surface area contributed by atoms with E-state index in [9.17, 15) is 4.79 Å². The Hall–Kier alpha value is -1.25. The summed E-state index contributed by atoms with van der Waals surface area (Å²) in [5.41, 5.74) is 2.68. The highest BCUT2D eigenvalue weighted by Gasteiger charge is 2.21. The molecule has 1 aliphatic carbocycles. The van der Waals surface area contributed by atoms with Crippen molar-refractivity contribution < 1.29 is 9.90 Å². The lowest BCUT2D eigenvalue weighted by molar-refractivity contribution is 0.147. The molecule has 2 aliphatic rings. The average Bonchev–Trinajstić information content (AvgIpc) is 2.17. The summed E-state index contributed by atoms with van der Waals surface area (Å²) in [5, 5.41) is 8.81. The Balaban J connectivity index is 2.14. The van der Waals surface area contributed by atoms with Crippen LogP contribution in [-0.2, 0) is 0 Å². The molecule has 0 aromatic carbocycles. The SMILES string of the molecule is O=C(O)N1CCC2=C(C=CCC2)C1. The fourth-order valence-corrected chi connectivity index (χ4v) is 1.93. The zero-order valence-electron chi connectivity index (χ0n) is 7.49. The van der Waals surface area contributed by atoms with Gasteiger partial charge in [-0.05, 0) is 24.8 Å². The van der Waals surface area contributed by atoms with Crippen LogP contribution in [0.4, 0.5) is 4.79 Å². The monoisotopic (exact) mass is 179 g/mol. The maximum atomic E-state index is 10.7. The standard InChI is InChI=1S/C10H13NO2/c12-10(13)11-6-5-8-3-1-2-4-9(8)7-11/h2,4H,1,3,5-7H2,(H,12,13). The number of amides is 1. The van der Waals surface area contributed by atoms with Crippen LogP contribution in [0, 0.1) is 0 Å². The van der Waals surface area contributed by atoms with Gasteiger partial charge in [0.15, 0.2) is 0 Å². The normalized spacial score (nSPS) is 21.7. The Morgan fingerprint density at radius 1 is 1.46 bits per heavy atom. The third-order valence-electron chi connectivity index (χ3n) is 2.70. The van der Waals surface area contributed by atoms with Crippen LogP contribution >= 0.6 is 0 Å². The largest absolute Gasteiger partial charge is 0.465 e. The maximum absolute atomic E-state index is 10.7. The Labute approximate surface area is 77.3 Å². The van der Waals surface area contributed by atoms with Gasteiger partial charge in [0.2, 0.25) is 0 Å². The van der Waals surface area contributed by atoms with Gasteiger partial charge in [0.25, 0.3) is 0 Å². The van der Waals surface area contributed by atoms with Crippen LogP contribution < -0.4 is 0 Å². The van der Waals surface area contributed by atoms with Crippen molar-refractivity contribution in [2.24, 2.45) is 0 Å². The second-order valence-electron chi connectivity index (χ2n) is 3.52. The molecular formula is C10H13NO2. The molecule has 0 atom stereocenters. The first-order chi connectivity index (χ1) is 6.27. The van der Waals surface area contributed by atoms with E-state index in [2.05, 4.69) is 12.2 Å². The third kappa shape index (κ3) is 1.59. The van der Waals surface area contributed by atoms with Crippen molar-refractivity contribution in [3.8, 4) is 0 Å². The van der Waals surface area contributed by atoms with Gasteiger partial charge in [-0.1, -0.05) is 17.7 Å². The van der Waals surface area contributed by atoms with Crippen molar-refractivity contribution in [1.29, 1.82) is 0 Å². The molecule has 3 heteroatoms. The average molecular weight is 179 g/mol. The Bertz CT molecular complexity index is 291. The Morgan fingerprint density at radius 3 is 3.08 bits per heavy atom. The van der Waals surface area contributed by atoms with Gasteiger partial charge in [-0.2, -0.15) is 0 Å². The first kappa shape index (κ1) is 8.35. The van der Waals surface area contributed by atoms with E-state index in [1.807, 2.05) is 0 Å². The molecule has 1 heterocycles. The van der Waals surface area contributed by atoms with E-state index in [0.29, 0.717) is 13.1 Å². The number of hydrogen-bond donors (Lipinski definition) is 1. The van der Waals surface area contributed by atoms with Crippen LogP contribution in [0.25, 0.3) is 0 Å². The van der Waals surface area contributed by atoms with Gasteiger partial charge < -0.3 is 10.0 Å². The topological polar surface area (TPSA) is 40.5 Å². The summed E-state index contributed by atoms with van der Waals surface area (Å²) in [6.45, 7) is 1.25. The van der Waals surface area contributed by atoms with E-state index < -0.39 is 6.09 Å². The first-order valence-corrected chi connectivity index (χ1v) is 4.62. The number of nitrogens with zero attached hydrogens (tertiary/aromatic N) is 1. The molecule has 0 aromatic heterocycles. The highest BCUT2D eigenvalue weighted by Crippen LogP contribution is 2.26. The van der Waals surface area contributed by atoms with Crippen molar-refractivity contribution in [2.75, 3.05) is 13.1 Å². The molecule has 3 nitrogen and oxygen atoms in total. The van der Waals surface area contributed by atoms with E-state index in [1.54, 1.807) is 0 Å². The lowest BCUT2D eigenvalue weighted by Gasteiger charge is -2.29. The van der Waals surface area contributed by atoms with Crippen molar-refractivity contribution in [1.82, 2.24) is 4.90 Å². The molecule has 0 bridgehead atoms. The minimum absolute atomic E-state index is 0.584. The van der Waals surface area contributed by atoms with Gasteiger partial charge >= 0.3 is 6.09 Å².